The maximum absolute atomic E-state index is 13.3. The molecule has 0 atom stereocenters. The fourth-order valence-corrected chi connectivity index (χ4v) is 6.24. The number of nitrogens with zero attached hydrogens (tertiary/aromatic N) is 2. The minimum absolute atomic E-state index is 0.0107. The van der Waals surface area contributed by atoms with Gasteiger partial charge in [0.25, 0.3) is 21.8 Å². The normalized spacial score (nSPS) is 21.8. The molecular weight excluding hydrogens is 376 g/mol. The van der Waals surface area contributed by atoms with Gasteiger partial charge in [-0.25, -0.2) is 12.7 Å². The van der Waals surface area contributed by atoms with Crippen molar-refractivity contribution in [3.8, 4) is 0 Å². The highest BCUT2D eigenvalue weighted by Crippen LogP contribution is 2.40. The molecule has 1 aromatic carbocycles. The zero-order chi connectivity index (χ0) is 20.1. The molecule has 0 unspecified atom stereocenters. The van der Waals surface area contributed by atoms with Crippen LogP contribution in [0.1, 0.15) is 79.5 Å². The molecule has 28 heavy (non-hydrogen) atoms. The van der Waals surface area contributed by atoms with Crippen molar-refractivity contribution < 1.29 is 18.0 Å². The van der Waals surface area contributed by atoms with Gasteiger partial charge in [0.1, 0.15) is 4.90 Å². The lowest BCUT2D eigenvalue weighted by Crippen LogP contribution is -2.43. The lowest BCUT2D eigenvalue weighted by molar-refractivity contribution is 0.0603. The Balaban J connectivity index is 1.67. The number of fused-ring (bicyclic) bond motifs is 1. The summed E-state index contributed by atoms with van der Waals surface area (Å²) in [5.41, 5.74) is 0.551. The zero-order valence-electron chi connectivity index (χ0n) is 16.6. The van der Waals surface area contributed by atoms with Crippen molar-refractivity contribution in [2.75, 3.05) is 6.54 Å². The second-order valence-corrected chi connectivity index (χ2v) is 10.5. The third-order valence-corrected chi connectivity index (χ3v) is 7.79. The first kappa shape index (κ1) is 19.4. The summed E-state index contributed by atoms with van der Waals surface area (Å²) in [5.74, 6) is -0.255. The molecule has 7 heteroatoms. The quantitative estimate of drug-likeness (QED) is 0.754. The molecule has 0 N–H and O–H groups in total. The van der Waals surface area contributed by atoms with E-state index in [1.165, 1.54) is 18.6 Å². The van der Waals surface area contributed by atoms with Gasteiger partial charge in [-0.05, 0) is 49.8 Å². The molecule has 2 fully saturated rings. The van der Waals surface area contributed by atoms with Gasteiger partial charge in [0.15, 0.2) is 0 Å². The van der Waals surface area contributed by atoms with E-state index >= 15 is 0 Å². The standard InChI is InChI=1S/C21H28N2O4S/c1-14(2)13-22(16-6-4-3-5-7-16)20(24)15-8-11-18-19(12-15)28(26,27)23(21(18)25)17-9-10-17/h8,11-12,14,16-17H,3-7,9-10,13H2,1-2H3. The summed E-state index contributed by atoms with van der Waals surface area (Å²) in [5, 5.41) is 0. The smallest absolute Gasteiger partial charge is 0.269 e. The molecule has 6 nitrogen and oxygen atoms in total. The molecule has 1 heterocycles. The van der Waals surface area contributed by atoms with Crippen molar-refractivity contribution in [2.45, 2.75) is 75.8 Å². The Kier molecular flexibility index (Phi) is 4.98. The first-order chi connectivity index (χ1) is 13.3. The van der Waals surface area contributed by atoms with Crippen LogP contribution in [0.4, 0.5) is 0 Å². The maximum atomic E-state index is 13.3. The second kappa shape index (κ2) is 7.17. The Labute approximate surface area is 166 Å². The summed E-state index contributed by atoms with van der Waals surface area (Å²) in [6, 6.07) is 4.53. The summed E-state index contributed by atoms with van der Waals surface area (Å²) in [7, 11) is -3.85. The van der Waals surface area contributed by atoms with Crippen molar-refractivity contribution in [3.63, 3.8) is 0 Å². The first-order valence-electron chi connectivity index (χ1n) is 10.3. The molecular formula is C21H28N2O4S. The van der Waals surface area contributed by atoms with Crippen LogP contribution in [0.5, 0.6) is 0 Å². The minimum atomic E-state index is -3.85. The topological polar surface area (TPSA) is 74.8 Å². The van der Waals surface area contributed by atoms with Gasteiger partial charge in [-0.2, -0.15) is 0 Å². The monoisotopic (exact) mass is 404 g/mol. The molecule has 3 aliphatic rings. The average molecular weight is 405 g/mol. The van der Waals surface area contributed by atoms with Gasteiger partial charge in [-0.15, -0.1) is 0 Å². The van der Waals surface area contributed by atoms with Crippen molar-refractivity contribution in [1.82, 2.24) is 9.21 Å². The molecule has 0 aromatic heterocycles. The SMILES string of the molecule is CC(C)CN(C(=O)c1ccc2c(c1)S(=O)(=O)N(C1CC1)C2=O)C1CCCCC1. The first-order valence-corrected chi connectivity index (χ1v) is 11.8. The number of carbonyl (C=O) groups excluding carboxylic acids is 2. The van der Waals surface area contributed by atoms with Crippen LogP contribution in [0.25, 0.3) is 0 Å². The van der Waals surface area contributed by atoms with Crippen LogP contribution in [0.15, 0.2) is 23.1 Å². The minimum Gasteiger partial charge on any atom is -0.335 e. The number of rotatable bonds is 5. The average Bonchev–Trinajstić information content (AvgIpc) is 3.47. The molecule has 0 spiro atoms. The molecule has 0 saturated heterocycles. The van der Waals surface area contributed by atoms with E-state index in [4.69, 9.17) is 0 Å². The maximum Gasteiger partial charge on any atom is 0.269 e. The van der Waals surface area contributed by atoms with Crippen LogP contribution < -0.4 is 0 Å². The molecule has 2 aliphatic carbocycles. The Morgan fingerprint density at radius 2 is 1.82 bits per heavy atom. The second-order valence-electron chi connectivity index (χ2n) is 8.69. The van der Waals surface area contributed by atoms with Gasteiger partial charge in [0.2, 0.25) is 0 Å². The van der Waals surface area contributed by atoms with Crippen LogP contribution in [0, 0.1) is 5.92 Å². The Hall–Kier alpha value is -1.89. The van der Waals surface area contributed by atoms with E-state index in [1.807, 2.05) is 4.90 Å². The summed E-state index contributed by atoms with van der Waals surface area (Å²) < 4.78 is 26.8. The van der Waals surface area contributed by atoms with Crippen molar-refractivity contribution in [3.05, 3.63) is 29.3 Å². The fourth-order valence-electron chi connectivity index (χ4n) is 4.40. The van der Waals surface area contributed by atoms with E-state index in [9.17, 15) is 18.0 Å². The Morgan fingerprint density at radius 3 is 2.43 bits per heavy atom. The van der Waals surface area contributed by atoms with Crippen LogP contribution in [-0.4, -0.2) is 48.1 Å². The van der Waals surface area contributed by atoms with Crippen LogP contribution >= 0.6 is 0 Å². The lowest BCUT2D eigenvalue weighted by Gasteiger charge is -2.35. The highest BCUT2D eigenvalue weighted by molar-refractivity contribution is 7.90. The van der Waals surface area contributed by atoms with E-state index in [-0.39, 0.29) is 28.4 Å². The lowest BCUT2D eigenvalue weighted by atomic mass is 9.93. The van der Waals surface area contributed by atoms with Gasteiger partial charge in [0, 0.05) is 24.2 Å². The molecule has 1 aromatic rings. The number of benzene rings is 1. The van der Waals surface area contributed by atoms with Crippen molar-refractivity contribution in [2.24, 2.45) is 5.92 Å². The predicted molar refractivity (Wildman–Crippen MR) is 106 cm³/mol. The molecule has 152 valence electrons. The van der Waals surface area contributed by atoms with Crippen LogP contribution in [0.3, 0.4) is 0 Å². The highest BCUT2D eigenvalue weighted by atomic mass is 32.2. The van der Waals surface area contributed by atoms with Gasteiger partial charge < -0.3 is 4.90 Å². The molecule has 2 amide bonds. The molecule has 2 saturated carbocycles. The van der Waals surface area contributed by atoms with Crippen molar-refractivity contribution >= 4 is 21.8 Å². The molecule has 1 aliphatic heterocycles. The largest absolute Gasteiger partial charge is 0.335 e. The number of carbonyl (C=O) groups is 2. The van der Waals surface area contributed by atoms with Gasteiger partial charge >= 0.3 is 0 Å². The summed E-state index contributed by atoms with van der Waals surface area (Å²) >= 11 is 0. The predicted octanol–water partition coefficient (Wildman–Crippen LogP) is 3.42. The van der Waals surface area contributed by atoms with Gasteiger partial charge in [-0.3, -0.25) is 9.59 Å². The van der Waals surface area contributed by atoms with E-state index in [0.717, 1.165) is 30.0 Å². The molecule has 0 bridgehead atoms. The third-order valence-electron chi connectivity index (χ3n) is 5.91. The number of hydrogen-bond acceptors (Lipinski definition) is 4. The molecule has 4 rings (SSSR count). The van der Waals surface area contributed by atoms with E-state index in [1.54, 1.807) is 6.07 Å². The number of amides is 2. The fraction of sp³-hybridized carbons (Fsp3) is 0.619. The van der Waals surface area contributed by atoms with Gasteiger partial charge in [0.05, 0.1) is 5.56 Å². The molecule has 0 radical (unpaired) electrons. The Bertz CT molecular complexity index is 899. The summed E-state index contributed by atoms with van der Waals surface area (Å²) in [6.07, 6.45) is 6.87. The zero-order valence-corrected chi connectivity index (χ0v) is 17.4. The number of hydrogen-bond donors (Lipinski definition) is 0. The van der Waals surface area contributed by atoms with E-state index in [0.29, 0.717) is 30.9 Å². The third kappa shape index (κ3) is 3.34. The van der Waals surface area contributed by atoms with Gasteiger partial charge in [-0.1, -0.05) is 33.1 Å². The highest BCUT2D eigenvalue weighted by Gasteiger charge is 2.49. The van der Waals surface area contributed by atoms with E-state index in [2.05, 4.69) is 13.8 Å². The van der Waals surface area contributed by atoms with Crippen LogP contribution in [-0.2, 0) is 10.0 Å². The Morgan fingerprint density at radius 1 is 1.14 bits per heavy atom. The number of sulfonamides is 1. The van der Waals surface area contributed by atoms with Crippen LogP contribution in [0.2, 0.25) is 0 Å². The van der Waals surface area contributed by atoms with E-state index < -0.39 is 15.9 Å². The van der Waals surface area contributed by atoms with Crippen molar-refractivity contribution in [1.29, 1.82) is 0 Å². The summed E-state index contributed by atoms with van der Waals surface area (Å²) in [6.45, 7) is 4.82. The summed E-state index contributed by atoms with van der Waals surface area (Å²) in [4.78, 5) is 27.8.